The summed E-state index contributed by atoms with van der Waals surface area (Å²) in [5, 5.41) is 2.61. The number of nitrogens with one attached hydrogen (secondary N) is 1. The first-order valence-electron chi connectivity index (χ1n) is 8.43. The number of hydrogen-bond donors (Lipinski definition) is 1. The molecule has 2 atom stereocenters. The summed E-state index contributed by atoms with van der Waals surface area (Å²) in [6.45, 7) is 4.95. The highest BCUT2D eigenvalue weighted by atomic mass is 19.4. The van der Waals surface area contributed by atoms with Crippen molar-refractivity contribution in [1.29, 1.82) is 0 Å². The molecule has 130 valence electrons. The average Bonchev–Trinajstić information content (AvgIpc) is 2.47. The topological polar surface area (TPSA) is 15.3 Å². The van der Waals surface area contributed by atoms with Crippen LogP contribution in [0.4, 0.5) is 13.2 Å². The van der Waals surface area contributed by atoms with Gasteiger partial charge in [-0.25, -0.2) is 0 Å². The molecule has 5 heteroatoms. The molecule has 2 nitrogen and oxygen atoms in total. The third-order valence-electron chi connectivity index (χ3n) is 4.49. The Morgan fingerprint density at radius 3 is 2.78 bits per heavy atom. The van der Waals surface area contributed by atoms with Crippen LogP contribution in [-0.2, 0) is 6.54 Å². The fourth-order valence-corrected chi connectivity index (χ4v) is 3.36. The standard InChI is InChI=1S/C18H27F3N2/c1-14-6-5-7-16(10-14)12-23-9-4-3-8-17(23)11-15(2)22-13-18(19,20)21/h5-7,10,15,17,22H,3-4,8-9,11-13H2,1-2H3. The van der Waals surface area contributed by atoms with Crippen molar-refractivity contribution in [2.45, 2.75) is 64.3 Å². The summed E-state index contributed by atoms with van der Waals surface area (Å²) in [4.78, 5) is 2.43. The second-order valence-electron chi connectivity index (χ2n) is 6.74. The smallest absolute Gasteiger partial charge is 0.306 e. The Labute approximate surface area is 137 Å². The predicted octanol–water partition coefficient (Wildman–Crippen LogP) is 4.28. The van der Waals surface area contributed by atoms with E-state index in [-0.39, 0.29) is 6.04 Å². The summed E-state index contributed by atoms with van der Waals surface area (Å²) >= 11 is 0. The van der Waals surface area contributed by atoms with Crippen molar-refractivity contribution >= 4 is 0 Å². The van der Waals surface area contributed by atoms with Crippen LogP contribution in [0.1, 0.15) is 43.7 Å². The number of piperidine rings is 1. The molecule has 1 aromatic carbocycles. The molecule has 0 amide bonds. The third kappa shape index (κ3) is 6.51. The summed E-state index contributed by atoms with van der Waals surface area (Å²) in [6.07, 6.45) is 0.0431. The molecule has 1 heterocycles. The number of aryl methyl sites for hydroxylation is 1. The first kappa shape index (κ1) is 18.3. The Kier molecular flexibility index (Phi) is 6.48. The van der Waals surface area contributed by atoms with E-state index in [1.165, 1.54) is 24.0 Å². The summed E-state index contributed by atoms with van der Waals surface area (Å²) in [6, 6.07) is 8.71. The second-order valence-corrected chi connectivity index (χ2v) is 6.74. The van der Waals surface area contributed by atoms with Gasteiger partial charge in [-0.1, -0.05) is 36.2 Å². The summed E-state index contributed by atoms with van der Waals surface area (Å²) in [5.74, 6) is 0. The van der Waals surface area contributed by atoms with Crippen LogP contribution in [-0.4, -0.2) is 36.2 Å². The number of nitrogens with zero attached hydrogens (tertiary/aromatic N) is 1. The Morgan fingerprint density at radius 2 is 2.09 bits per heavy atom. The largest absolute Gasteiger partial charge is 0.401 e. The number of likely N-dealkylation sites (tertiary alicyclic amines) is 1. The number of halogens is 3. The number of hydrogen-bond acceptors (Lipinski definition) is 2. The van der Waals surface area contributed by atoms with Gasteiger partial charge in [-0.2, -0.15) is 13.2 Å². The Hall–Kier alpha value is -1.07. The summed E-state index contributed by atoms with van der Waals surface area (Å²) < 4.78 is 37.0. The fourth-order valence-electron chi connectivity index (χ4n) is 3.36. The van der Waals surface area contributed by atoms with Crippen molar-refractivity contribution in [2.24, 2.45) is 0 Å². The lowest BCUT2D eigenvalue weighted by Gasteiger charge is -2.37. The first-order chi connectivity index (χ1) is 10.8. The molecule has 2 unspecified atom stereocenters. The molecule has 1 aliphatic heterocycles. The van der Waals surface area contributed by atoms with Crippen molar-refractivity contribution < 1.29 is 13.2 Å². The highest BCUT2D eigenvalue weighted by Gasteiger charge is 2.29. The number of benzene rings is 1. The lowest BCUT2D eigenvalue weighted by Crippen LogP contribution is -2.44. The van der Waals surface area contributed by atoms with E-state index in [0.717, 1.165) is 25.9 Å². The van der Waals surface area contributed by atoms with Crippen LogP contribution in [0.15, 0.2) is 24.3 Å². The molecule has 0 bridgehead atoms. The van der Waals surface area contributed by atoms with Gasteiger partial charge in [0.15, 0.2) is 0 Å². The van der Waals surface area contributed by atoms with Gasteiger partial charge in [-0.3, -0.25) is 4.90 Å². The molecule has 0 saturated carbocycles. The molecule has 1 aliphatic rings. The van der Waals surface area contributed by atoms with Crippen LogP contribution in [0, 0.1) is 6.92 Å². The number of alkyl halides is 3. The average molecular weight is 328 g/mol. The molecular weight excluding hydrogens is 301 g/mol. The normalized spacial score (nSPS) is 21.3. The third-order valence-corrected chi connectivity index (χ3v) is 4.49. The van der Waals surface area contributed by atoms with Crippen molar-refractivity contribution in [3.63, 3.8) is 0 Å². The fraction of sp³-hybridized carbons (Fsp3) is 0.667. The van der Waals surface area contributed by atoms with Gasteiger partial charge in [0, 0.05) is 18.6 Å². The van der Waals surface area contributed by atoms with Crippen LogP contribution in [0.2, 0.25) is 0 Å². The summed E-state index contributed by atoms with van der Waals surface area (Å²) in [7, 11) is 0. The highest BCUT2D eigenvalue weighted by molar-refractivity contribution is 5.22. The van der Waals surface area contributed by atoms with Crippen molar-refractivity contribution in [3.05, 3.63) is 35.4 Å². The van der Waals surface area contributed by atoms with E-state index >= 15 is 0 Å². The minimum Gasteiger partial charge on any atom is -0.306 e. The molecule has 23 heavy (non-hydrogen) atoms. The van der Waals surface area contributed by atoms with E-state index in [0.29, 0.717) is 6.04 Å². The van der Waals surface area contributed by atoms with Crippen LogP contribution in [0.5, 0.6) is 0 Å². The zero-order valence-electron chi connectivity index (χ0n) is 14.0. The molecule has 0 radical (unpaired) electrons. The molecule has 1 saturated heterocycles. The first-order valence-corrected chi connectivity index (χ1v) is 8.43. The molecule has 0 spiro atoms. The Balaban J connectivity index is 1.90. The van der Waals surface area contributed by atoms with Crippen LogP contribution in [0.3, 0.4) is 0 Å². The van der Waals surface area contributed by atoms with Gasteiger partial charge < -0.3 is 5.32 Å². The van der Waals surface area contributed by atoms with E-state index in [4.69, 9.17) is 0 Å². The minimum atomic E-state index is -4.14. The zero-order valence-corrected chi connectivity index (χ0v) is 14.0. The highest BCUT2D eigenvalue weighted by Crippen LogP contribution is 2.23. The molecule has 1 N–H and O–H groups in total. The zero-order chi connectivity index (χ0) is 16.9. The maximum atomic E-state index is 12.3. The maximum Gasteiger partial charge on any atom is 0.401 e. The SMILES string of the molecule is Cc1cccc(CN2CCCCC2CC(C)NCC(F)(F)F)c1. The number of rotatable bonds is 6. The van der Waals surface area contributed by atoms with Crippen molar-refractivity contribution in [3.8, 4) is 0 Å². The van der Waals surface area contributed by atoms with Gasteiger partial charge >= 0.3 is 6.18 Å². The second kappa shape index (κ2) is 8.15. The molecule has 2 rings (SSSR count). The lowest BCUT2D eigenvalue weighted by molar-refractivity contribution is -0.126. The van der Waals surface area contributed by atoms with E-state index in [9.17, 15) is 13.2 Å². The molecular formula is C18H27F3N2. The van der Waals surface area contributed by atoms with Gasteiger partial charge in [0.2, 0.25) is 0 Å². The van der Waals surface area contributed by atoms with Crippen LogP contribution < -0.4 is 5.32 Å². The molecule has 1 fully saturated rings. The van der Waals surface area contributed by atoms with Gasteiger partial charge in [0.05, 0.1) is 6.54 Å². The lowest BCUT2D eigenvalue weighted by atomic mass is 9.95. The minimum absolute atomic E-state index is 0.125. The van der Waals surface area contributed by atoms with Gasteiger partial charge in [0.1, 0.15) is 0 Å². The van der Waals surface area contributed by atoms with E-state index in [1.54, 1.807) is 0 Å². The van der Waals surface area contributed by atoms with Gasteiger partial charge in [-0.05, 0) is 45.2 Å². The van der Waals surface area contributed by atoms with E-state index in [1.807, 2.05) is 6.92 Å². The molecule has 1 aromatic rings. The van der Waals surface area contributed by atoms with Gasteiger partial charge in [-0.15, -0.1) is 0 Å². The van der Waals surface area contributed by atoms with E-state index in [2.05, 4.69) is 41.4 Å². The summed E-state index contributed by atoms with van der Waals surface area (Å²) in [5.41, 5.74) is 2.53. The Bertz CT molecular complexity index is 487. The predicted molar refractivity (Wildman–Crippen MR) is 87.4 cm³/mol. The van der Waals surface area contributed by atoms with E-state index < -0.39 is 12.7 Å². The van der Waals surface area contributed by atoms with Crippen molar-refractivity contribution in [2.75, 3.05) is 13.1 Å². The maximum absolute atomic E-state index is 12.3. The Morgan fingerprint density at radius 1 is 1.30 bits per heavy atom. The van der Waals surface area contributed by atoms with Crippen molar-refractivity contribution in [1.82, 2.24) is 10.2 Å². The molecule has 0 aliphatic carbocycles. The van der Waals surface area contributed by atoms with Crippen LogP contribution >= 0.6 is 0 Å². The van der Waals surface area contributed by atoms with Gasteiger partial charge in [0.25, 0.3) is 0 Å². The van der Waals surface area contributed by atoms with Crippen LogP contribution in [0.25, 0.3) is 0 Å². The quantitative estimate of drug-likeness (QED) is 0.838. The monoisotopic (exact) mass is 328 g/mol. The molecule has 0 aromatic heterocycles.